The van der Waals surface area contributed by atoms with Crippen molar-refractivity contribution in [1.82, 2.24) is 5.32 Å². The second kappa shape index (κ2) is 2.72. The highest BCUT2D eigenvalue weighted by atomic mass is 14.8. The molecular formula is C10H15N. The summed E-state index contributed by atoms with van der Waals surface area (Å²) in [6, 6.07) is 0. The number of dihydropyridines is 1. The van der Waals surface area contributed by atoms with Crippen LogP contribution in [0.5, 0.6) is 0 Å². The molecule has 2 aliphatic rings. The molecule has 1 aliphatic carbocycles. The van der Waals surface area contributed by atoms with E-state index in [0.717, 1.165) is 0 Å². The Kier molecular flexibility index (Phi) is 1.72. The van der Waals surface area contributed by atoms with E-state index in [1.165, 1.54) is 32.1 Å². The first kappa shape index (κ1) is 6.96. The summed E-state index contributed by atoms with van der Waals surface area (Å²) in [6.45, 7) is 0. The van der Waals surface area contributed by atoms with Crippen LogP contribution in [0.25, 0.3) is 0 Å². The van der Waals surface area contributed by atoms with E-state index in [-0.39, 0.29) is 0 Å². The van der Waals surface area contributed by atoms with Crippen LogP contribution in [0.1, 0.15) is 32.1 Å². The van der Waals surface area contributed by atoms with Crippen LogP contribution in [0.2, 0.25) is 0 Å². The smallest absolute Gasteiger partial charge is 0.00955 e. The molecule has 1 heteroatoms. The zero-order chi connectivity index (χ0) is 7.57. The lowest BCUT2D eigenvalue weighted by Crippen LogP contribution is -2.22. The SMILES string of the molecule is C1=CC2(C=CN1)CCCCC2. The summed E-state index contributed by atoms with van der Waals surface area (Å²) in [6.07, 6.45) is 15.7. The van der Waals surface area contributed by atoms with Gasteiger partial charge in [-0.1, -0.05) is 31.4 Å². The Morgan fingerprint density at radius 3 is 2.18 bits per heavy atom. The molecule has 1 aliphatic heterocycles. The fourth-order valence-corrected chi connectivity index (χ4v) is 2.08. The molecule has 0 atom stereocenters. The quantitative estimate of drug-likeness (QED) is 0.558. The normalized spacial score (nSPS) is 26.9. The van der Waals surface area contributed by atoms with Crippen molar-refractivity contribution in [3.8, 4) is 0 Å². The average Bonchev–Trinajstić information content (AvgIpc) is 2.07. The molecule has 0 saturated heterocycles. The Labute approximate surface area is 68.2 Å². The molecule has 0 bridgehead atoms. The Morgan fingerprint density at radius 2 is 1.55 bits per heavy atom. The molecule has 0 amide bonds. The van der Waals surface area contributed by atoms with Gasteiger partial charge in [-0.25, -0.2) is 0 Å². The maximum absolute atomic E-state index is 3.10. The summed E-state index contributed by atoms with van der Waals surface area (Å²) < 4.78 is 0. The monoisotopic (exact) mass is 149 g/mol. The van der Waals surface area contributed by atoms with Gasteiger partial charge < -0.3 is 5.32 Å². The number of hydrogen-bond donors (Lipinski definition) is 1. The average molecular weight is 149 g/mol. The predicted octanol–water partition coefficient (Wildman–Crippen LogP) is 2.57. The Hall–Kier alpha value is -0.720. The highest BCUT2D eigenvalue weighted by molar-refractivity contribution is 5.16. The summed E-state index contributed by atoms with van der Waals surface area (Å²) in [7, 11) is 0. The third-order valence-electron chi connectivity index (χ3n) is 2.81. The molecule has 0 aromatic heterocycles. The molecule has 1 spiro atoms. The molecule has 0 unspecified atom stereocenters. The van der Waals surface area contributed by atoms with Crippen LogP contribution in [-0.2, 0) is 0 Å². The Morgan fingerprint density at radius 1 is 0.909 bits per heavy atom. The maximum atomic E-state index is 3.10. The van der Waals surface area contributed by atoms with Crippen LogP contribution in [0.3, 0.4) is 0 Å². The summed E-state index contributed by atoms with van der Waals surface area (Å²) in [5.74, 6) is 0. The minimum absolute atomic E-state index is 0.434. The minimum atomic E-state index is 0.434. The molecule has 0 radical (unpaired) electrons. The van der Waals surface area contributed by atoms with Gasteiger partial charge in [0.25, 0.3) is 0 Å². The number of rotatable bonds is 0. The predicted molar refractivity (Wildman–Crippen MR) is 46.9 cm³/mol. The second-order valence-corrected chi connectivity index (χ2v) is 3.63. The number of hydrogen-bond acceptors (Lipinski definition) is 1. The fourth-order valence-electron chi connectivity index (χ4n) is 2.08. The van der Waals surface area contributed by atoms with Gasteiger partial charge in [0.15, 0.2) is 0 Å². The van der Waals surface area contributed by atoms with E-state index in [9.17, 15) is 0 Å². The molecule has 0 aromatic carbocycles. The summed E-state index contributed by atoms with van der Waals surface area (Å²) in [5.41, 5.74) is 0.434. The molecular weight excluding hydrogens is 134 g/mol. The maximum Gasteiger partial charge on any atom is 0.00955 e. The molecule has 1 saturated carbocycles. The van der Waals surface area contributed by atoms with E-state index in [0.29, 0.717) is 5.41 Å². The lowest BCUT2D eigenvalue weighted by Gasteiger charge is -2.33. The molecule has 1 fully saturated rings. The summed E-state index contributed by atoms with van der Waals surface area (Å²) >= 11 is 0. The van der Waals surface area contributed by atoms with Crippen molar-refractivity contribution < 1.29 is 0 Å². The van der Waals surface area contributed by atoms with E-state index >= 15 is 0 Å². The lowest BCUT2D eigenvalue weighted by atomic mass is 9.73. The van der Waals surface area contributed by atoms with Crippen LogP contribution < -0.4 is 5.32 Å². The van der Waals surface area contributed by atoms with Gasteiger partial charge in [-0.2, -0.15) is 0 Å². The summed E-state index contributed by atoms with van der Waals surface area (Å²) in [4.78, 5) is 0. The highest BCUT2D eigenvalue weighted by Crippen LogP contribution is 2.39. The standard InChI is InChI=1S/C10H15N/c1-2-4-10(5-3-1)6-8-11-9-7-10/h6-9,11H,1-5H2. The van der Waals surface area contributed by atoms with Gasteiger partial charge in [-0.05, 0) is 25.2 Å². The van der Waals surface area contributed by atoms with Crippen molar-refractivity contribution >= 4 is 0 Å². The van der Waals surface area contributed by atoms with Crippen molar-refractivity contribution in [2.45, 2.75) is 32.1 Å². The second-order valence-electron chi connectivity index (χ2n) is 3.63. The van der Waals surface area contributed by atoms with Gasteiger partial charge in [0.05, 0.1) is 0 Å². The Balaban J connectivity index is 2.12. The molecule has 60 valence electrons. The molecule has 1 nitrogen and oxygen atoms in total. The Bertz CT molecular complexity index is 171. The van der Waals surface area contributed by atoms with E-state index < -0.39 is 0 Å². The summed E-state index contributed by atoms with van der Waals surface area (Å²) in [5, 5.41) is 3.10. The molecule has 0 aromatic rings. The van der Waals surface area contributed by atoms with Crippen molar-refractivity contribution in [3.05, 3.63) is 24.6 Å². The fraction of sp³-hybridized carbons (Fsp3) is 0.600. The first-order valence-corrected chi connectivity index (χ1v) is 4.53. The lowest BCUT2D eigenvalue weighted by molar-refractivity contribution is 0.322. The number of allylic oxidation sites excluding steroid dienone is 2. The van der Waals surface area contributed by atoms with Crippen molar-refractivity contribution in [3.63, 3.8) is 0 Å². The van der Waals surface area contributed by atoms with Gasteiger partial charge >= 0.3 is 0 Å². The van der Waals surface area contributed by atoms with Crippen LogP contribution >= 0.6 is 0 Å². The van der Waals surface area contributed by atoms with E-state index in [2.05, 4.69) is 29.9 Å². The van der Waals surface area contributed by atoms with E-state index in [1.54, 1.807) is 0 Å². The zero-order valence-corrected chi connectivity index (χ0v) is 6.84. The highest BCUT2D eigenvalue weighted by Gasteiger charge is 2.27. The molecule has 1 heterocycles. The molecule has 2 rings (SSSR count). The van der Waals surface area contributed by atoms with Gasteiger partial charge in [0.2, 0.25) is 0 Å². The van der Waals surface area contributed by atoms with Gasteiger partial charge in [0.1, 0.15) is 0 Å². The zero-order valence-electron chi connectivity index (χ0n) is 6.84. The van der Waals surface area contributed by atoms with Gasteiger partial charge in [0, 0.05) is 5.41 Å². The van der Waals surface area contributed by atoms with Crippen LogP contribution in [0.4, 0.5) is 0 Å². The van der Waals surface area contributed by atoms with Gasteiger partial charge in [-0.15, -0.1) is 0 Å². The van der Waals surface area contributed by atoms with Crippen LogP contribution in [0.15, 0.2) is 24.6 Å². The van der Waals surface area contributed by atoms with Gasteiger partial charge in [-0.3, -0.25) is 0 Å². The molecule has 11 heavy (non-hydrogen) atoms. The van der Waals surface area contributed by atoms with Crippen molar-refractivity contribution in [1.29, 1.82) is 0 Å². The van der Waals surface area contributed by atoms with E-state index in [1.807, 2.05) is 0 Å². The third kappa shape index (κ3) is 1.32. The number of nitrogens with one attached hydrogen (secondary N) is 1. The van der Waals surface area contributed by atoms with Crippen molar-refractivity contribution in [2.75, 3.05) is 0 Å². The minimum Gasteiger partial charge on any atom is -0.368 e. The van der Waals surface area contributed by atoms with Crippen LogP contribution in [-0.4, -0.2) is 0 Å². The van der Waals surface area contributed by atoms with E-state index in [4.69, 9.17) is 0 Å². The van der Waals surface area contributed by atoms with Crippen molar-refractivity contribution in [2.24, 2.45) is 5.41 Å². The first-order valence-electron chi connectivity index (χ1n) is 4.53. The molecule has 1 N–H and O–H groups in total. The van der Waals surface area contributed by atoms with Crippen LogP contribution in [0, 0.1) is 5.41 Å². The first-order chi connectivity index (χ1) is 5.41. The topological polar surface area (TPSA) is 12.0 Å². The third-order valence-corrected chi connectivity index (χ3v) is 2.81. The largest absolute Gasteiger partial charge is 0.368 e.